The molecule has 0 spiro atoms. The third-order valence-corrected chi connectivity index (χ3v) is 6.52. The maximum atomic E-state index is 5.22. The Morgan fingerprint density at radius 3 is 1.34 bits per heavy atom. The van der Waals surface area contributed by atoms with Crippen molar-refractivity contribution in [1.29, 1.82) is 0 Å². The van der Waals surface area contributed by atoms with Crippen LogP contribution in [-0.2, 0) is 40.6 Å². The fourth-order valence-electron chi connectivity index (χ4n) is 4.85. The third-order valence-electron chi connectivity index (χ3n) is 6.52. The minimum absolute atomic E-state index is 0. The first kappa shape index (κ1) is 25.5. The molecule has 0 amide bonds. The zero-order chi connectivity index (χ0) is 25.2. The average molecular weight is 676 g/mol. The molecule has 4 aromatic heterocycles. The van der Waals surface area contributed by atoms with E-state index in [-0.39, 0.29) is 21.1 Å². The number of hydrogen-bond donors (Lipinski definition) is 0. The fourth-order valence-corrected chi connectivity index (χ4v) is 4.85. The van der Waals surface area contributed by atoms with E-state index in [4.69, 9.17) is 9.97 Å². The molecule has 4 heterocycles. The summed E-state index contributed by atoms with van der Waals surface area (Å²) >= 11 is 0. The summed E-state index contributed by atoms with van der Waals surface area (Å²) in [5.74, 6) is 0. The monoisotopic (exact) mass is 675 g/mol. The number of pyridine rings is 2. The molecule has 0 aliphatic carbocycles. The van der Waals surface area contributed by atoms with Crippen molar-refractivity contribution >= 4 is 0 Å². The normalized spacial score (nSPS) is 11.2. The molecule has 0 unspecified atom stereocenters. The Labute approximate surface area is 236 Å². The van der Waals surface area contributed by atoms with E-state index in [9.17, 15) is 0 Å². The Hall–Kier alpha value is -4.15. The van der Waals surface area contributed by atoms with Gasteiger partial charge < -0.3 is 19.3 Å². The molecule has 0 aliphatic heterocycles. The molecule has 0 bridgehead atoms. The number of benzene rings is 2. The number of aromatic nitrogens is 6. The van der Waals surface area contributed by atoms with Gasteiger partial charge in [-0.25, -0.2) is 0 Å². The van der Waals surface area contributed by atoms with Crippen LogP contribution in [0.5, 0.6) is 0 Å². The molecule has 6 nitrogen and oxygen atoms in total. The molecule has 0 radical (unpaired) electrons. The predicted octanol–water partition coefficient (Wildman–Crippen LogP) is 5.26. The number of rotatable bonds is 6. The van der Waals surface area contributed by atoms with Crippen molar-refractivity contribution in [3.8, 4) is 22.5 Å². The van der Waals surface area contributed by atoms with Gasteiger partial charge in [-0.2, -0.15) is 0 Å². The quantitative estimate of drug-likeness (QED) is 0.226. The van der Waals surface area contributed by atoms with E-state index in [1.807, 2.05) is 50.5 Å². The molecule has 0 atom stereocenters. The molecule has 188 valence electrons. The largest absolute Gasteiger partial charge is 2.00 e. The summed E-state index contributed by atoms with van der Waals surface area (Å²) in [6.45, 7) is 0. The van der Waals surface area contributed by atoms with E-state index in [1.165, 1.54) is 0 Å². The molecule has 0 saturated carbocycles. The first-order valence-electron chi connectivity index (χ1n) is 12.0. The molecule has 7 heteroatoms. The summed E-state index contributed by atoms with van der Waals surface area (Å²) in [5, 5.41) is 8.61. The van der Waals surface area contributed by atoms with E-state index in [0.717, 1.165) is 45.0 Å². The number of aryl methyl sites for hydroxylation is 2. The van der Waals surface area contributed by atoms with Gasteiger partial charge in [-0.05, 0) is 34.6 Å². The standard InChI is InChI=1S/C31H24N6.Pt/c1-36-21-23(19-32-36)27-15-9-17-29(34-27)31(25-11-5-3-6-12-25,26-13-7-4-8-14-26)30-18-10-16-28(35-30)24-20-33-37(2)22-24;/h3-20H,1-2H3;/q-2;+2. The van der Waals surface area contributed by atoms with Crippen LogP contribution in [0.4, 0.5) is 0 Å². The minimum atomic E-state index is -0.779. The van der Waals surface area contributed by atoms with E-state index in [0.29, 0.717) is 0 Å². The second-order valence-corrected chi connectivity index (χ2v) is 8.89. The van der Waals surface area contributed by atoms with Gasteiger partial charge in [0.25, 0.3) is 0 Å². The maximum Gasteiger partial charge on any atom is 2.00 e. The topological polar surface area (TPSA) is 61.4 Å². The molecular weight excluding hydrogens is 651 g/mol. The van der Waals surface area contributed by atoms with Crippen LogP contribution >= 0.6 is 0 Å². The smallest absolute Gasteiger partial charge is 0.343 e. The van der Waals surface area contributed by atoms with Gasteiger partial charge >= 0.3 is 21.1 Å². The van der Waals surface area contributed by atoms with Crippen LogP contribution in [0.15, 0.2) is 109 Å². The SMILES string of the molecule is Cn1[c-]c(-c2cccc(C(c3ccccc3)(c3ccccc3)c3cccc(-c4[c-]n(C)nc4)n3)n2)cn1.[Pt+2]. The van der Waals surface area contributed by atoms with Crippen molar-refractivity contribution < 1.29 is 21.1 Å². The van der Waals surface area contributed by atoms with Crippen LogP contribution in [0, 0.1) is 12.4 Å². The van der Waals surface area contributed by atoms with E-state index >= 15 is 0 Å². The van der Waals surface area contributed by atoms with Crippen LogP contribution in [0.3, 0.4) is 0 Å². The summed E-state index contributed by atoms with van der Waals surface area (Å²) < 4.78 is 3.33. The minimum Gasteiger partial charge on any atom is -0.343 e. The summed E-state index contributed by atoms with van der Waals surface area (Å²) in [7, 11) is 3.72. The van der Waals surface area contributed by atoms with Crippen molar-refractivity contribution in [2.24, 2.45) is 14.1 Å². The molecule has 0 aliphatic rings. The van der Waals surface area contributed by atoms with Crippen LogP contribution in [0.25, 0.3) is 22.5 Å². The van der Waals surface area contributed by atoms with Gasteiger partial charge in [0.1, 0.15) is 5.41 Å². The first-order chi connectivity index (χ1) is 18.1. The van der Waals surface area contributed by atoms with Crippen molar-refractivity contribution in [2.45, 2.75) is 5.41 Å². The van der Waals surface area contributed by atoms with Crippen molar-refractivity contribution in [3.63, 3.8) is 0 Å². The van der Waals surface area contributed by atoms with Crippen LogP contribution in [-0.4, -0.2) is 29.5 Å². The van der Waals surface area contributed by atoms with E-state index < -0.39 is 5.41 Å². The van der Waals surface area contributed by atoms with Crippen molar-refractivity contribution in [2.75, 3.05) is 0 Å². The summed E-state index contributed by atoms with van der Waals surface area (Å²) in [4.78, 5) is 10.4. The van der Waals surface area contributed by atoms with Gasteiger partial charge in [-0.15, -0.1) is 11.1 Å². The third kappa shape index (κ3) is 4.52. The number of nitrogens with zero attached hydrogens (tertiary/aromatic N) is 6. The predicted molar refractivity (Wildman–Crippen MR) is 142 cm³/mol. The molecule has 0 N–H and O–H groups in total. The second-order valence-electron chi connectivity index (χ2n) is 8.89. The molecular formula is C31H24N6Pt. The Morgan fingerprint density at radius 1 is 0.553 bits per heavy atom. The zero-order valence-corrected chi connectivity index (χ0v) is 23.2. The van der Waals surface area contributed by atoms with Gasteiger partial charge in [0.15, 0.2) is 0 Å². The summed E-state index contributed by atoms with van der Waals surface area (Å²) in [6, 6.07) is 33.1. The van der Waals surface area contributed by atoms with Gasteiger partial charge in [0.05, 0.1) is 0 Å². The molecule has 6 aromatic rings. The second kappa shape index (κ2) is 10.7. The fraction of sp³-hybridized carbons (Fsp3) is 0.0968. The van der Waals surface area contributed by atoms with E-state index in [2.05, 4.69) is 83.3 Å². The van der Waals surface area contributed by atoms with Crippen molar-refractivity contribution in [3.05, 3.63) is 144 Å². The van der Waals surface area contributed by atoms with Crippen LogP contribution in [0.2, 0.25) is 0 Å². The summed E-state index contributed by atoms with van der Waals surface area (Å²) in [5.41, 5.74) is 6.37. The van der Waals surface area contributed by atoms with E-state index in [1.54, 1.807) is 21.8 Å². The molecule has 38 heavy (non-hydrogen) atoms. The van der Waals surface area contributed by atoms with Crippen LogP contribution in [0.1, 0.15) is 22.5 Å². The maximum absolute atomic E-state index is 5.22. The Bertz CT molecular complexity index is 1530. The van der Waals surface area contributed by atoms with Gasteiger partial charge in [0, 0.05) is 25.5 Å². The average Bonchev–Trinajstić information content (AvgIpc) is 3.59. The molecule has 6 rings (SSSR count). The molecule has 0 saturated heterocycles. The zero-order valence-electron chi connectivity index (χ0n) is 20.9. The molecule has 2 aromatic carbocycles. The number of hydrogen-bond acceptors (Lipinski definition) is 4. The Balaban J connectivity index is 0.00000294. The molecule has 0 fully saturated rings. The van der Waals surface area contributed by atoms with Gasteiger partial charge in [-0.3, -0.25) is 10.2 Å². The van der Waals surface area contributed by atoms with Gasteiger partial charge in [0.2, 0.25) is 0 Å². The van der Waals surface area contributed by atoms with Crippen LogP contribution < -0.4 is 0 Å². The first-order valence-corrected chi connectivity index (χ1v) is 12.0. The Morgan fingerprint density at radius 2 is 0.974 bits per heavy atom. The Kier molecular flexibility index (Phi) is 7.17. The van der Waals surface area contributed by atoms with Crippen molar-refractivity contribution in [1.82, 2.24) is 29.5 Å². The summed E-state index contributed by atoms with van der Waals surface area (Å²) in [6.07, 6.45) is 10.0. The van der Waals surface area contributed by atoms with Gasteiger partial charge in [-0.1, -0.05) is 110 Å².